The number of ether oxygens (including phenoxy) is 3. The van der Waals surface area contributed by atoms with Crippen molar-refractivity contribution in [1.29, 1.82) is 0 Å². The first-order valence-corrected chi connectivity index (χ1v) is 11.3. The second kappa shape index (κ2) is 9.76. The predicted octanol–water partition coefficient (Wildman–Crippen LogP) is 4.70. The summed E-state index contributed by atoms with van der Waals surface area (Å²) in [6, 6.07) is 3.48. The van der Waals surface area contributed by atoms with E-state index in [1.54, 1.807) is 39.1 Å². The number of carbonyl (C=O) groups excluding carboxylic acids is 1. The fourth-order valence-electron chi connectivity index (χ4n) is 3.99. The number of methoxy groups -OCH3 is 1. The van der Waals surface area contributed by atoms with Crippen LogP contribution in [0.4, 0.5) is 19.0 Å². The monoisotopic (exact) mass is 505 g/mol. The number of nitrogens with zero attached hydrogens (tertiary/aromatic N) is 5. The number of fused-ring (bicyclic) bond motifs is 1. The molecule has 1 aliphatic heterocycles. The number of halogens is 3. The molecule has 0 aromatic carbocycles. The second-order valence-corrected chi connectivity index (χ2v) is 8.48. The Labute approximate surface area is 205 Å². The van der Waals surface area contributed by atoms with Gasteiger partial charge in [-0.1, -0.05) is 0 Å². The van der Waals surface area contributed by atoms with Crippen molar-refractivity contribution in [1.82, 2.24) is 19.5 Å². The van der Waals surface area contributed by atoms with Crippen LogP contribution >= 0.6 is 0 Å². The third-order valence-electron chi connectivity index (χ3n) is 5.39. The van der Waals surface area contributed by atoms with Gasteiger partial charge in [-0.2, -0.15) is 13.2 Å². The largest absolute Gasteiger partial charge is 0.491 e. The molecule has 3 aromatic heterocycles. The molecule has 9 nitrogen and oxygen atoms in total. The van der Waals surface area contributed by atoms with Crippen LogP contribution < -0.4 is 14.4 Å². The molecular weight excluding hydrogens is 479 g/mol. The van der Waals surface area contributed by atoms with Gasteiger partial charge in [0.15, 0.2) is 17.8 Å². The summed E-state index contributed by atoms with van der Waals surface area (Å²) < 4.78 is 56.4. The summed E-state index contributed by atoms with van der Waals surface area (Å²) in [5.74, 6) is 0.362. The van der Waals surface area contributed by atoms with Gasteiger partial charge < -0.3 is 18.8 Å². The number of amides is 1. The molecule has 3 aromatic rings. The zero-order valence-electron chi connectivity index (χ0n) is 20.5. The van der Waals surface area contributed by atoms with Crippen molar-refractivity contribution < 1.29 is 32.2 Å². The number of aryl methyl sites for hydroxylation is 1. The third kappa shape index (κ3) is 4.99. The van der Waals surface area contributed by atoms with Gasteiger partial charge in [0.1, 0.15) is 12.2 Å². The van der Waals surface area contributed by atoms with E-state index in [2.05, 4.69) is 9.97 Å². The highest BCUT2D eigenvalue weighted by Crippen LogP contribution is 2.40. The zero-order valence-corrected chi connectivity index (χ0v) is 20.5. The number of hydrogen-bond donors (Lipinski definition) is 0. The second-order valence-electron chi connectivity index (χ2n) is 8.48. The Kier molecular flexibility index (Phi) is 6.90. The molecule has 0 radical (unpaired) electrons. The number of alkyl halides is 3. The lowest BCUT2D eigenvalue weighted by molar-refractivity contribution is -0.140. The minimum Gasteiger partial charge on any atom is -0.491 e. The Morgan fingerprint density at radius 2 is 1.94 bits per heavy atom. The minimum absolute atomic E-state index is 0.0400. The van der Waals surface area contributed by atoms with Crippen molar-refractivity contribution >= 4 is 11.7 Å². The fourth-order valence-corrected chi connectivity index (χ4v) is 3.99. The van der Waals surface area contributed by atoms with Gasteiger partial charge in [0.05, 0.1) is 37.4 Å². The first-order valence-electron chi connectivity index (χ1n) is 11.3. The third-order valence-corrected chi connectivity index (χ3v) is 5.39. The Balaban J connectivity index is 1.77. The molecule has 0 saturated carbocycles. The van der Waals surface area contributed by atoms with Crippen molar-refractivity contribution in [3.05, 3.63) is 47.7 Å². The van der Waals surface area contributed by atoms with Crippen LogP contribution in [0.25, 0.3) is 11.3 Å². The van der Waals surface area contributed by atoms with Gasteiger partial charge >= 0.3 is 6.18 Å². The Morgan fingerprint density at radius 1 is 1.19 bits per heavy atom. The average molecular weight is 505 g/mol. The van der Waals surface area contributed by atoms with Gasteiger partial charge in [0.25, 0.3) is 11.8 Å². The van der Waals surface area contributed by atoms with E-state index in [9.17, 15) is 18.0 Å². The SMILES string of the molecule is CCOc1ncc(-c2cc(C)c3c(n2)C(OC(C)C)N(c2cn(CC(F)(F)F)cn2)C3=O)cc1OC. The van der Waals surface area contributed by atoms with Crippen molar-refractivity contribution in [3.8, 4) is 22.9 Å². The van der Waals surface area contributed by atoms with E-state index in [1.165, 1.54) is 18.2 Å². The fraction of sp³-hybridized carbons (Fsp3) is 0.417. The quantitative estimate of drug-likeness (QED) is 0.438. The molecule has 1 unspecified atom stereocenters. The molecule has 0 saturated heterocycles. The van der Waals surface area contributed by atoms with E-state index in [4.69, 9.17) is 19.2 Å². The lowest BCUT2D eigenvalue weighted by Crippen LogP contribution is -2.31. The smallest absolute Gasteiger partial charge is 0.406 e. The Morgan fingerprint density at radius 3 is 2.58 bits per heavy atom. The number of hydrogen-bond acceptors (Lipinski definition) is 7. The van der Waals surface area contributed by atoms with Gasteiger partial charge in [0, 0.05) is 18.0 Å². The predicted molar refractivity (Wildman–Crippen MR) is 124 cm³/mol. The van der Waals surface area contributed by atoms with E-state index in [1.807, 2.05) is 6.92 Å². The van der Waals surface area contributed by atoms with E-state index in [0.717, 1.165) is 10.9 Å². The van der Waals surface area contributed by atoms with E-state index >= 15 is 0 Å². The molecule has 4 rings (SSSR count). The first-order chi connectivity index (χ1) is 17.0. The lowest BCUT2D eigenvalue weighted by Gasteiger charge is -2.24. The molecule has 1 amide bonds. The van der Waals surface area contributed by atoms with E-state index in [0.29, 0.717) is 46.3 Å². The number of rotatable bonds is 8. The Hall–Kier alpha value is -3.67. The molecule has 4 heterocycles. The number of aromatic nitrogens is 4. The molecule has 0 bridgehead atoms. The van der Waals surface area contributed by atoms with Gasteiger partial charge in [-0.05, 0) is 45.4 Å². The van der Waals surface area contributed by atoms with E-state index in [-0.39, 0.29) is 11.9 Å². The van der Waals surface area contributed by atoms with Crippen LogP contribution in [0.15, 0.2) is 30.9 Å². The molecule has 192 valence electrons. The molecular formula is C24H26F3N5O4. The van der Waals surface area contributed by atoms with Crippen molar-refractivity contribution in [2.45, 2.75) is 52.7 Å². The Bertz CT molecular complexity index is 1280. The zero-order chi connectivity index (χ0) is 26.2. The van der Waals surface area contributed by atoms with Crippen LogP contribution in [0.2, 0.25) is 0 Å². The van der Waals surface area contributed by atoms with Gasteiger partial charge in [-0.3, -0.25) is 9.69 Å². The lowest BCUT2D eigenvalue weighted by atomic mass is 10.0. The maximum Gasteiger partial charge on any atom is 0.406 e. The summed E-state index contributed by atoms with van der Waals surface area (Å²) in [7, 11) is 1.51. The summed E-state index contributed by atoms with van der Waals surface area (Å²) in [6.07, 6.45) is -1.91. The molecule has 36 heavy (non-hydrogen) atoms. The molecule has 0 spiro atoms. The normalized spacial score (nSPS) is 15.5. The number of imidazole rings is 1. The van der Waals surface area contributed by atoms with Gasteiger partial charge in [-0.25, -0.2) is 15.0 Å². The van der Waals surface area contributed by atoms with Gasteiger partial charge in [0.2, 0.25) is 0 Å². The van der Waals surface area contributed by atoms with Crippen LogP contribution in [-0.2, 0) is 11.3 Å². The minimum atomic E-state index is -4.43. The highest BCUT2D eigenvalue weighted by molar-refractivity contribution is 6.11. The van der Waals surface area contributed by atoms with Crippen LogP contribution in [0.1, 0.15) is 48.6 Å². The van der Waals surface area contributed by atoms with Gasteiger partial charge in [-0.15, -0.1) is 0 Å². The standard InChI is InChI=1S/C24H26F3N5O4/c1-6-35-21-17(34-5)8-15(9-28-21)16-7-14(4)19-20(30-16)23(36-13(2)3)32(22(19)33)18-10-31(12-29-18)11-24(25,26)27/h7-10,12-13,23H,6,11H2,1-5H3. The molecule has 0 N–H and O–H groups in total. The van der Waals surface area contributed by atoms with Crippen molar-refractivity contribution in [2.75, 3.05) is 18.6 Å². The molecule has 1 atom stereocenters. The maximum atomic E-state index is 13.5. The van der Waals surface area contributed by atoms with Crippen LogP contribution in [0.5, 0.6) is 11.6 Å². The summed E-state index contributed by atoms with van der Waals surface area (Å²) in [5, 5.41) is 0. The van der Waals surface area contributed by atoms with Crippen molar-refractivity contribution in [3.63, 3.8) is 0 Å². The van der Waals surface area contributed by atoms with Crippen LogP contribution in [0.3, 0.4) is 0 Å². The summed E-state index contributed by atoms with van der Waals surface area (Å²) in [6.45, 7) is 6.38. The van der Waals surface area contributed by atoms with Crippen LogP contribution in [0, 0.1) is 6.92 Å². The summed E-state index contributed by atoms with van der Waals surface area (Å²) in [5.41, 5.74) is 2.45. The van der Waals surface area contributed by atoms with Crippen LogP contribution in [-0.4, -0.2) is 51.4 Å². The molecule has 12 heteroatoms. The highest BCUT2D eigenvalue weighted by Gasteiger charge is 2.43. The summed E-state index contributed by atoms with van der Waals surface area (Å²) in [4.78, 5) is 27.8. The van der Waals surface area contributed by atoms with E-state index < -0.39 is 24.9 Å². The van der Waals surface area contributed by atoms with Crippen molar-refractivity contribution in [2.24, 2.45) is 0 Å². The molecule has 0 fully saturated rings. The first kappa shape index (κ1) is 25.4. The maximum absolute atomic E-state index is 13.5. The number of carbonyl (C=O) groups is 1. The number of anilines is 1. The highest BCUT2D eigenvalue weighted by atomic mass is 19.4. The molecule has 1 aliphatic rings. The number of pyridine rings is 2. The topological polar surface area (TPSA) is 91.6 Å². The average Bonchev–Trinajstić information content (AvgIpc) is 3.34. The summed E-state index contributed by atoms with van der Waals surface area (Å²) >= 11 is 0. The molecule has 0 aliphatic carbocycles.